The van der Waals surface area contributed by atoms with Crippen LogP contribution in [0, 0.1) is 11.3 Å². The number of carbonyl (C=O) groups is 1. The minimum Gasteiger partial charge on any atom is -0.367 e. The summed E-state index contributed by atoms with van der Waals surface area (Å²) in [7, 11) is 1.80. The molecule has 1 amide bonds. The van der Waals surface area contributed by atoms with Gasteiger partial charge in [0.05, 0.1) is 36.7 Å². The number of amides is 1. The van der Waals surface area contributed by atoms with E-state index in [0.29, 0.717) is 23.3 Å². The van der Waals surface area contributed by atoms with Crippen molar-refractivity contribution in [3.63, 3.8) is 0 Å². The Labute approximate surface area is 166 Å². The summed E-state index contributed by atoms with van der Waals surface area (Å²) in [5.74, 6) is 0.493. The van der Waals surface area contributed by atoms with E-state index in [4.69, 9.17) is 16.9 Å². The van der Waals surface area contributed by atoms with Gasteiger partial charge in [0.1, 0.15) is 11.2 Å². The van der Waals surface area contributed by atoms with Gasteiger partial charge in [-0.05, 0) is 0 Å². The minimum atomic E-state index is -1.08. The van der Waals surface area contributed by atoms with Crippen molar-refractivity contribution in [2.45, 2.75) is 31.5 Å². The lowest BCUT2D eigenvalue weighted by atomic mass is 10.2. The van der Waals surface area contributed by atoms with Gasteiger partial charge in [-0.15, -0.1) is 0 Å². The van der Waals surface area contributed by atoms with Crippen molar-refractivity contribution in [3.8, 4) is 6.07 Å². The first-order valence-corrected chi connectivity index (χ1v) is 9.16. The monoisotopic (exact) mass is 406 g/mol. The molecule has 2 aromatic rings. The smallest absolute Gasteiger partial charge is 0.229 e. The summed E-state index contributed by atoms with van der Waals surface area (Å²) in [6.45, 7) is 0.337. The molecular formula is C17H20ClFN8O. The summed E-state index contributed by atoms with van der Waals surface area (Å²) >= 11 is 6.16. The fourth-order valence-corrected chi connectivity index (χ4v) is 3.20. The standard InChI is InChI=1S/C17H20ClFN8O/c1-26-10-12(6-23-26)24-17-22-8-14(18)16(25-17)21-7-13-5-11(19)9-27(13)15(28)3-2-4-20/h6,8,10-11,13H,2-3,5,7,9H2,1H3,(H2,21,22,24,25). The number of aryl methyl sites for hydroxylation is 1. The van der Waals surface area contributed by atoms with Gasteiger partial charge in [-0.1, -0.05) is 11.6 Å². The molecule has 0 bridgehead atoms. The number of anilines is 3. The highest BCUT2D eigenvalue weighted by atomic mass is 35.5. The highest BCUT2D eigenvalue weighted by molar-refractivity contribution is 6.32. The molecule has 148 valence electrons. The maximum atomic E-state index is 13.9. The van der Waals surface area contributed by atoms with E-state index in [2.05, 4.69) is 25.7 Å². The average Bonchev–Trinajstić information content (AvgIpc) is 3.25. The fourth-order valence-electron chi connectivity index (χ4n) is 3.05. The van der Waals surface area contributed by atoms with E-state index in [-0.39, 0.29) is 37.8 Å². The van der Waals surface area contributed by atoms with Gasteiger partial charge < -0.3 is 15.5 Å². The van der Waals surface area contributed by atoms with E-state index in [1.54, 1.807) is 24.1 Å². The third-order valence-corrected chi connectivity index (χ3v) is 4.62. The van der Waals surface area contributed by atoms with Gasteiger partial charge >= 0.3 is 0 Å². The van der Waals surface area contributed by atoms with Crippen molar-refractivity contribution in [1.29, 1.82) is 5.26 Å². The summed E-state index contributed by atoms with van der Waals surface area (Å²) in [6, 6.07) is 1.61. The molecule has 2 aromatic heterocycles. The molecule has 1 fully saturated rings. The number of hydrogen-bond acceptors (Lipinski definition) is 7. The number of nitrogens with zero attached hydrogens (tertiary/aromatic N) is 6. The predicted molar refractivity (Wildman–Crippen MR) is 102 cm³/mol. The third kappa shape index (κ3) is 4.86. The fraction of sp³-hybridized carbons (Fsp3) is 0.471. The Hall–Kier alpha value is -2.93. The molecule has 0 aliphatic carbocycles. The second kappa shape index (κ2) is 8.84. The van der Waals surface area contributed by atoms with E-state index in [1.807, 2.05) is 6.07 Å². The first-order valence-electron chi connectivity index (χ1n) is 8.79. The second-order valence-corrected chi connectivity index (χ2v) is 6.90. The van der Waals surface area contributed by atoms with Crippen LogP contribution in [0.5, 0.6) is 0 Å². The van der Waals surface area contributed by atoms with E-state index in [1.165, 1.54) is 11.1 Å². The Kier molecular flexibility index (Phi) is 6.26. The van der Waals surface area contributed by atoms with Crippen molar-refractivity contribution in [2.75, 3.05) is 23.7 Å². The number of carbonyl (C=O) groups excluding carboxylic acids is 1. The van der Waals surface area contributed by atoms with Crippen LogP contribution in [0.4, 0.5) is 21.8 Å². The zero-order valence-corrected chi connectivity index (χ0v) is 16.0. The maximum Gasteiger partial charge on any atom is 0.229 e. The molecule has 2 atom stereocenters. The van der Waals surface area contributed by atoms with E-state index in [9.17, 15) is 9.18 Å². The summed E-state index contributed by atoms with van der Waals surface area (Å²) < 4.78 is 15.5. The molecule has 28 heavy (non-hydrogen) atoms. The number of hydrogen-bond donors (Lipinski definition) is 2. The number of nitriles is 1. The normalized spacial score (nSPS) is 18.7. The molecule has 1 saturated heterocycles. The lowest BCUT2D eigenvalue weighted by Crippen LogP contribution is -2.39. The van der Waals surface area contributed by atoms with Crippen molar-refractivity contribution in [2.24, 2.45) is 7.05 Å². The van der Waals surface area contributed by atoms with Crippen LogP contribution in [-0.2, 0) is 11.8 Å². The van der Waals surface area contributed by atoms with Gasteiger partial charge in [-0.3, -0.25) is 9.48 Å². The van der Waals surface area contributed by atoms with Crippen LogP contribution in [0.1, 0.15) is 19.3 Å². The van der Waals surface area contributed by atoms with Crippen LogP contribution in [0.15, 0.2) is 18.6 Å². The first-order chi connectivity index (χ1) is 13.5. The first kappa shape index (κ1) is 19.8. The number of alkyl halides is 1. The highest BCUT2D eigenvalue weighted by Gasteiger charge is 2.34. The second-order valence-electron chi connectivity index (χ2n) is 6.49. The van der Waals surface area contributed by atoms with Crippen molar-refractivity contribution in [1.82, 2.24) is 24.6 Å². The molecule has 0 radical (unpaired) electrons. The molecule has 9 nitrogen and oxygen atoms in total. The molecule has 3 rings (SSSR count). The number of likely N-dealkylation sites (tertiary alicyclic amines) is 1. The van der Waals surface area contributed by atoms with Crippen LogP contribution < -0.4 is 10.6 Å². The number of nitrogens with one attached hydrogen (secondary N) is 2. The third-order valence-electron chi connectivity index (χ3n) is 4.34. The zero-order chi connectivity index (χ0) is 20.1. The Balaban J connectivity index is 1.65. The summed E-state index contributed by atoms with van der Waals surface area (Å²) in [5, 5.41) is 19.1. The van der Waals surface area contributed by atoms with Gasteiger partial charge in [-0.25, -0.2) is 9.37 Å². The van der Waals surface area contributed by atoms with Crippen LogP contribution >= 0.6 is 11.6 Å². The Bertz CT molecular complexity index is 882. The Morgan fingerprint density at radius 3 is 3.04 bits per heavy atom. The molecule has 3 heterocycles. The van der Waals surface area contributed by atoms with E-state index < -0.39 is 6.17 Å². The summed E-state index contributed by atoms with van der Waals surface area (Å²) in [6.07, 6.45) is 4.22. The molecule has 2 N–H and O–H groups in total. The maximum absolute atomic E-state index is 13.9. The van der Waals surface area contributed by atoms with Crippen LogP contribution in [0.3, 0.4) is 0 Å². The van der Waals surface area contributed by atoms with Crippen LogP contribution in [-0.4, -0.2) is 55.9 Å². The SMILES string of the molecule is Cn1cc(Nc2ncc(Cl)c(NCC3CC(F)CN3C(=O)CCC#N)n2)cn1. The number of halogens is 2. The molecule has 0 saturated carbocycles. The van der Waals surface area contributed by atoms with Gasteiger partial charge in [0.2, 0.25) is 11.9 Å². The zero-order valence-electron chi connectivity index (χ0n) is 15.3. The lowest BCUT2D eigenvalue weighted by Gasteiger charge is -2.24. The van der Waals surface area contributed by atoms with Crippen LogP contribution in [0.25, 0.3) is 0 Å². The summed E-state index contributed by atoms with van der Waals surface area (Å²) in [4.78, 5) is 22.2. The molecule has 0 spiro atoms. The highest BCUT2D eigenvalue weighted by Crippen LogP contribution is 2.25. The Morgan fingerprint density at radius 2 is 2.32 bits per heavy atom. The Morgan fingerprint density at radius 1 is 1.50 bits per heavy atom. The molecule has 2 unspecified atom stereocenters. The lowest BCUT2D eigenvalue weighted by molar-refractivity contribution is -0.131. The quantitative estimate of drug-likeness (QED) is 0.725. The summed E-state index contributed by atoms with van der Waals surface area (Å²) in [5.41, 5.74) is 0.723. The molecular weight excluding hydrogens is 387 g/mol. The van der Waals surface area contributed by atoms with E-state index >= 15 is 0 Å². The van der Waals surface area contributed by atoms with Gasteiger partial charge in [-0.2, -0.15) is 15.3 Å². The topological polar surface area (TPSA) is 112 Å². The number of rotatable bonds is 7. The van der Waals surface area contributed by atoms with Gasteiger partial charge in [0, 0.05) is 39.1 Å². The van der Waals surface area contributed by atoms with Crippen LogP contribution in [0.2, 0.25) is 5.02 Å². The van der Waals surface area contributed by atoms with Crippen molar-refractivity contribution in [3.05, 3.63) is 23.6 Å². The molecule has 1 aliphatic heterocycles. The van der Waals surface area contributed by atoms with Gasteiger partial charge in [0.25, 0.3) is 0 Å². The molecule has 11 heteroatoms. The largest absolute Gasteiger partial charge is 0.367 e. The van der Waals surface area contributed by atoms with Crippen molar-refractivity contribution < 1.29 is 9.18 Å². The number of aromatic nitrogens is 4. The average molecular weight is 407 g/mol. The molecule has 1 aliphatic rings. The van der Waals surface area contributed by atoms with E-state index in [0.717, 1.165) is 5.69 Å². The minimum absolute atomic E-state index is 0.0436. The van der Waals surface area contributed by atoms with Crippen molar-refractivity contribution >= 4 is 35.0 Å². The van der Waals surface area contributed by atoms with Gasteiger partial charge in [0.15, 0.2) is 5.82 Å². The predicted octanol–water partition coefficient (Wildman–Crippen LogP) is 2.26. The molecule has 0 aromatic carbocycles.